The molecule has 1 aromatic carbocycles. The summed E-state index contributed by atoms with van der Waals surface area (Å²) < 4.78 is 14.8. The molecule has 0 aliphatic rings. The molecule has 1 heterocycles. The first-order chi connectivity index (χ1) is 7.99. The van der Waals surface area contributed by atoms with Crippen LogP contribution in [0.2, 0.25) is 0 Å². The third-order valence-corrected chi connectivity index (χ3v) is 5.73. The van der Waals surface area contributed by atoms with Gasteiger partial charge in [-0.25, -0.2) is 4.39 Å². The second kappa shape index (κ2) is 5.00. The average molecular weight is 378 g/mol. The van der Waals surface area contributed by atoms with Gasteiger partial charge >= 0.3 is 0 Å². The van der Waals surface area contributed by atoms with E-state index in [2.05, 4.69) is 31.9 Å². The van der Waals surface area contributed by atoms with Gasteiger partial charge in [0, 0.05) is 15.4 Å². The molecule has 0 N–H and O–H groups in total. The number of thiophene rings is 1. The summed E-state index contributed by atoms with van der Waals surface area (Å²) in [5.41, 5.74) is 1.11. The Morgan fingerprint density at radius 2 is 2.00 bits per heavy atom. The smallest absolute Gasteiger partial charge is 0.204 e. The maximum atomic E-state index is 13.2. The second-order valence-corrected chi connectivity index (χ2v) is 6.10. The molecule has 0 amide bonds. The number of hydrogen-bond donors (Lipinski definition) is 0. The van der Waals surface area contributed by atoms with Crippen LogP contribution in [0, 0.1) is 12.7 Å². The molecule has 88 valence electrons. The zero-order chi connectivity index (χ0) is 12.6. The van der Waals surface area contributed by atoms with Gasteiger partial charge in [0.2, 0.25) is 5.78 Å². The summed E-state index contributed by atoms with van der Waals surface area (Å²) in [6, 6.07) is 4.34. The molecule has 0 radical (unpaired) electrons. The number of aryl methyl sites for hydroxylation is 1. The predicted octanol–water partition coefficient (Wildman–Crippen LogP) is 4.95. The molecule has 17 heavy (non-hydrogen) atoms. The van der Waals surface area contributed by atoms with E-state index < -0.39 is 0 Å². The maximum Gasteiger partial charge on any atom is 0.204 e. The zero-order valence-electron chi connectivity index (χ0n) is 8.76. The molecule has 0 fully saturated rings. The molecule has 2 rings (SSSR count). The van der Waals surface area contributed by atoms with Crippen LogP contribution in [0.15, 0.2) is 32.5 Å². The standard InChI is InChI=1S/C12H7Br2FOS/c1-6-2-7(4-8(15)3-6)11(16)12-10(14)9(13)5-17-12/h2-5H,1H3. The molecule has 0 saturated heterocycles. The Labute approximate surface area is 119 Å². The van der Waals surface area contributed by atoms with Gasteiger partial charge < -0.3 is 0 Å². The van der Waals surface area contributed by atoms with Crippen LogP contribution in [0.3, 0.4) is 0 Å². The number of ketones is 1. The molecule has 0 unspecified atom stereocenters. The highest BCUT2D eigenvalue weighted by Gasteiger charge is 2.17. The van der Waals surface area contributed by atoms with Gasteiger partial charge in [-0.05, 0) is 62.5 Å². The minimum absolute atomic E-state index is 0.171. The maximum absolute atomic E-state index is 13.2. The van der Waals surface area contributed by atoms with Crippen molar-refractivity contribution in [2.75, 3.05) is 0 Å². The van der Waals surface area contributed by atoms with Crippen molar-refractivity contribution >= 4 is 49.0 Å². The summed E-state index contributed by atoms with van der Waals surface area (Å²) in [5.74, 6) is -0.560. The molecule has 1 aromatic heterocycles. The molecule has 2 aromatic rings. The summed E-state index contributed by atoms with van der Waals surface area (Å²) in [6.07, 6.45) is 0. The summed E-state index contributed by atoms with van der Waals surface area (Å²) in [4.78, 5) is 12.7. The second-order valence-electron chi connectivity index (χ2n) is 3.57. The molecule has 1 nitrogen and oxygen atoms in total. The minimum atomic E-state index is -0.389. The van der Waals surface area contributed by atoms with Crippen LogP contribution in [-0.4, -0.2) is 5.78 Å². The lowest BCUT2D eigenvalue weighted by molar-refractivity contribution is 0.104. The van der Waals surface area contributed by atoms with Gasteiger partial charge in [-0.3, -0.25) is 4.79 Å². The van der Waals surface area contributed by atoms with Gasteiger partial charge in [-0.15, -0.1) is 11.3 Å². The lowest BCUT2D eigenvalue weighted by Gasteiger charge is -2.02. The minimum Gasteiger partial charge on any atom is -0.288 e. The quantitative estimate of drug-likeness (QED) is 0.676. The molecule has 0 saturated carbocycles. The van der Waals surface area contributed by atoms with Crippen LogP contribution >= 0.6 is 43.2 Å². The molecular formula is C12H7Br2FOS. The average Bonchev–Trinajstić information content (AvgIpc) is 2.57. The van der Waals surface area contributed by atoms with E-state index in [-0.39, 0.29) is 11.6 Å². The largest absolute Gasteiger partial charge is 0.288 e. The van der Waals surface area contributed by atoms with E-state index >= 15 is 0 Å². The first kappa shape index (κ1) is 12.9. The number of carbonyl (C=O) groups excluding carboxylic acids is 1. The Balaban J connectivity index is 2.47. The fourth-order valence-corrected chi connectivity index (χ4v) is 3.59. The number of carbonyl (C=O) groups is 1. The van der Waals surface area contributed by atoms with E-state index in [1.165, 1.54) is 23.5 Å². The van der Waals surface area contributed by atoms with Crippen molar-refractivity contribution < 1.29 is 9.18 Å². The van der Waals surface area contributed by atoms with Gasteiger partial charge in [0.05, 0.1) is 9.35 Å². The SMILES string of the molecule is Cc1cc(F)cc(C(=O)c2scc(Br)c2Br)c1. The first-order valence-corrected chi connectivity index (χ1v) is 7.20. The highest BCUT2D eigenvalue weighted by Crippen LogP contribution is 2.34. The van der Waals surface area contributed by atoms with E-state index in [4.69, 9.17) is 0 Å². The van der Waals surface area contributed by atoms with Crippen LogP contribution < -0.4 is 0 Å². The van der Waals surface area contributed by atoms with E-state index in [1.807, 2.05) is 5.38 Å². The summed E-state index contributed by atoms with van der Waals surface area (Å²) in [6.45, 7) is 1.76. The Morgan fingerprint density at radius 1 is 1.29 bits per heavy atom. The van der Waals surface area contributed by atoms with Crippen molar-refractivity contribution in [2.24, 2.45) is 0 Å². The van der Waals surface area contributed by atoms with Crippen LogP contribution in [0.1, 0.15) is 20.8 Å². The zero-order valence-corrected chi connectivity index (χ0v) is 12.7. The number of halogens is 3. The van der Waals surface area contributed by atoms with Crippen LogP contribution in [-0.2, 0) is 0 Å². The van der Waals surface area contributed by atoms with Crippen molar-refractivity contribution in [3.8, 4) is 0 Å². The monoisotopic (exact) mass is 376 g/mol. The normalized spacial score (nSPS) is 10.6. The molecule has 0 spiro atoms. The predicted molar refractivity (Wildman–Crippen MR) is 74.3 cm³/mol. The highest BCUT2D eigenvalue weighted by atomic mass is 79.9. The summed E-state index contributed by atoms with van der Waals surface area (Å²) in [5, 5.41) is 1.82. The van der Waals surface area contributed by atoms with Gasteiger partial charge in [0.25, 0.3) is 0 Å². The fourth-order valence-electron chi connectivity index (χ4n) is 1.47. The molecule has 0 aliphatic heterocycles. The summed E-state index contributed by atoms with van der Waals surface area (Å²) in [7, 11) is 0. The van der Waals surface area contributed by atoms with Gasteiger partial charge in [-0.2, -0.15) is 0 Å². The fraction of sp³-hybridized carbons (Fsp3) is 0.0833. The van der Waals surface area contributed by atoms with E-state index in [0.29, 0.717) is 10.4 Å². The van der Waals surface area contributed by atoms with Crippen LogP contribution in [0.5, 0.6) is 0 Å². The Morgan fingerprint density at radius 3 is 2.53 bits per heavy atom. The van der Waals surface area contributed by atoms with Crippen molar-refractivity contribution in [3.05, 3.63) is 54.3 Å². The molecule has 0 bridgehead atoms. The third kappa shape index (κ3) is 2.67. The lowest BCUT2D eigenvalue weighted by Crippen LogP contribution is -2.00. The van der Waals surface area contributed by atoms with E-state index in [1.54, 1.807) is 13.0 Å². The number of rotatable bonds is 2. The molecule has 0 aliphatic carbocycles. The van der Waals surface area contributed by atoms with Gasteiger partial charge in [0.1, 0.15) is 5.82 Å². The Kier molecular flexibility index (Phi) is 3.80. The van der Waals surface area contributed by atoms with Crippen molar-refractivity contribution in [1.29, 1.82) is 0 Å². The highest BCUT2D eigenvalue weighted by molar-refractivity contribution is 9.13. The van der Waals surface area contributed by atoms with E-state index in [0.717, 1.165) is 14.5 Å². The Bertz CT molecular complexity index is 572. The number of hydrogen-bond acceptors (Lipinski definition) is 2. The lowest BCUT2D eigenvalue weighted by atomic mass is 10.1. The van der Waals surface area contributed by atoms with Crippen molar-refractivity contribution in [1.82, 2.24) is 0 Å². The van der Waals surface area contributed by atoms with Crippen LogP contribution in [0.25, 0.3) is 0 Å². The van der Waals surface area contributed by atoms with Gasteiger partial charge in [0.15, 0.2) is 0 Å². The van der Waals surface area contributed by atoms with E-state index in [9.17, 15) is 9.18 Å². The first-order valence-electron chi connectivity index (χ1n) is 4.73. The molecule has 5 heteroatoms. The van der Waals surface area contributed by atoms with Crippen molar-refractivity contribution in [3.63, 3.8) is 0 Å². The topological polar surface area (TPSA) is 17.1 Å². The van der Waals surface area contributed by atoms with Crippen molar-refractivity contribution in [2.45, 2.75) is 6.92 Å². The summed E-state index contributed by atoms with van der Waals surface area (Å²) >= 11 is 7.98. The Hall–Kier alpha value is -0.520. The van der Waals surface area contributed by atoms with Gasteiger partial charge in [-0.1, -0.05) is 0 Å². The third-order valence-electron chi connectivity index (χ3n) is 2.20. The van der Waals surface area contributed by atoms with Crippen LogP contribution in [0.4, 0.5) is 4.39 Å². The molecular weight excluding hydrogens is 371 g/mol. The number of benzene rings is 1. The molecule has 0 atom stereocenters.